The maximum atomic E-state index is 14.2. The van der Waals surface area contributed by atoms with Crippen LogP contribution in [0.25, 0.3) is 0 Å². The summed E-state index contributed by atoms with van der Waals surface area (Å²) in [7, 11) is -4.66. The summed E-state index contributed by atoms with van der Waals surface area (Å²) in [6.45, 7) is 2.02. The molecule has 3 aliphatic carbocycles. The predicted molar refractivity (Wildman–Crippen MR) is 258 cm³/mol. The van der Waals surface area contributed by atoms with Crippen molar-refractivity contribution in [3.8, 4) is 23.3 Å². The number of phenols is 1. The minimum absolute atomic E-state index is 0.0767. The third-order valence-corrected chi connectivity index (χ3v) is 17.7. The minimum Gasteiger partial charge on any atom is -0.508 e. The van der Waals surface area contributed by atoms with Gasteiger partial charge in [0.2, 0.25) is 5.72 Å². The second-order valence-corrected chi connectivity index (χ2v) is 22.2. The molecule has 8 N–H and O–H groups in total. The van der Waals surface area contributed by atoms with Gasteiger partial charge in [-0.25, -0.2) is 4.99 Å². The van der Waals surface area contributed by atoms with Crippen molar-refractivity contribution >= 4 is 16.1 Å². The van der Waals surface area contributed by atoms with E-state index in [4.69, 9.17) is 25.9 Å². The monoisotopic (exact) mass is 925 g/mol. The molecule has 1 saturated carbocycles. The van der Waals surface area contributed by atoms with Crippen molar-refractivity contribution in [2.45, 2.75) is 125 Å². The van der Waals surface area contributed by atoms with E-state index in [0.29, 0.717) is 55.4 Å². The molecule has 352 valence electrons. The zero-order chi connectivity index (χ0) is 46.7. The summed E-state index contributed by atoms with van der Waals surface area (Å²) in [5.41, 5.74) is 17.4. The topological polar surface area (TPSA) is 198 Å². The number of nitrogens with zero attached hydrogens (tertiary/aromatic N) is 1. The molecule has 12 rings (SSSR count). The maximum absolute atomic E-state index is 14.2. The van der Waals surface area contributed by atoms with E-state index < -0.39 is 50.7 Å². The third kappa shape index (κ3) is 8.90. The number of rotatable bonds is 8. The van der Waals surface area contributed by atoms with Gasteiger partial charge in [-0.05, 0) is 133 Å². The average Bonchev–Trinajstić information content (AvgIpc) is 3.71. The van der Waals surface area contributed by atoms with E-state index in [1.165, 1.54) is 0 Å². The zero-order valence-electron chi connectivity index (χ0n) is 38.1. The normalized spacial score (nSPS) is 31.0. The molecule has 2 fully saturated rings. The van der Waals surface area contributed by atoms with Crippen molar-refractivity contribution in [1.82, 2.24) is 0 Å². The summed E-state index contributed by atoms with van der Waals surface area (Å²) in [5.74, 6) is 5.06. The molecule has 11 nitrogen and oxygen atoms in total. The molecule has 8 aliphatic rings. The lowest BCUT2D eigenvalue weighted by Crippen LogP contribution is -2.45. The van der Waals surface area contributed by atoms with E-state index in [1.807, 2.05) is 66.7 Å². The first-order valence-corrected chi connectivity index (χ1v) is 25.7. The number of benzene rings is 4. The molecule has 11 atom stereocenters. The van der Waals surface area contributed by atoms with Crippen LogP contribution in [0.4, 0.5) is 0 Å². The first kappa shape index (κ1) is 45.6. The van der Waals surface area contributed by atoms with Crippen LogP contribution in [0.3, 0.4) is 0 Å². The summed E-state index contributed by atoms with van der Waals surface area (Å²) in [5, 5.41) is 32.8. The van der Waals surface area contributed by atoms with Crippen LogP contribution >= 0.6 is 0 Å². The van der Waals surface area contributed by atoms with Gasteiger partial charge in [-0.1, -0.05) is 104 Å². The molecular weight excluding hydrogens is 863 g/mol. The van der Waals surface area contributed by atoms with Crippen LogP contribution < -0.4 is 16.2 Å². The molecule has 0 radical (unpaired) electrons. The Morgan fingerprint density at radius 1 is 0.970 bits per heavy atom. The highest BCUT2D eigenvalue weighted by molar-refractivity contribution is 7.86. The summed E-state index contributed by atoms with van der Waals surface area (Å²) < 4.78 is 54.4. The van der Waals surface area contributed by atoms with Crippen molar-refractivity contribution < 1.29 is 37.8 Å². The molecule has 4 aromatic carbocycles. The summed E-state index contributed by atoms with van der Waals surface area (Å²) in [6, 6.07) is 29.3. The van der Waals surface area contributed by atoms with E-state index in [2.05, 4.69) is 37.0 Å². The van der Waals surface area contributed by atoms with Gasteiger partial charge < -0.3 is 36.3 Å². The molecule has 4 aromatic rings. The number of guanidine groups is 1. The smallest absolute Gasteiger partial charge is 0.268 e. The fourth-order valence-electron chi connectivity index (χ4n) is 13.1. The lowest BCUT2D eigenvalue weighted by molar-refractivity contribution is -0.0532. The Labute approximate surface area is 394 Å². The Morgan fingerprint density at radius 2 is 1.73 bits per heavy atom. The van der Waals surface area contributed by atoms with Crippen molar-refractivity contribution in [1.29, 1.82) is 0 Å². The third-order valence-electron chi connectivity index (χ3n) is 16.5. The summed E-state index contributed by atoms with van der Waals surface area (Å²) in [4.78, 5) is 5.03. The second kappa shape index (κ2) is 18.1. The van der Waals surface area contributed by atoms with Crippen LogP contribution in [0.15, 0.2) is 108 Å². The van der Waals surface area contributed by atoms with E-state index in [9.17, 15) is 28.3 Å². The Morgan fingerprint density at radius 3 is 2.46 bits per heavy atom. The molecule has 1 saturated heterocycles. The highest BCUT2D eigenvalue weighted by Crippen LogP contribution is 2.56. The number of aromatic hydroxyl groups is 1. The fraction of sp³-hybridized carbons (Fsp3) is 0.473. The predicted octanol–water partition coefficient (Wildman–Crippen LogP) is 8.32. The average molecular weight is 926 g/mol. The first-order chi connectivity index (χ1) is 32.2. The Bertz CT molecular complexity index is 2720. The van der Waals surface area contributed by atoms with Gasteiger partial charge in [-0.15, -0.1) is 0 Å². The Kier molecular flexibility index (Phi) is 12.3. The van der Waals surface area contributed by atoms with Gasteiger partial charge in [-0.2, -0.15) is 8.42 Å². The van der Waals surface area contributed by atoms with Gasteiger partial charge in [0.15, 0.2) is 5.96 Å². The molecular formula is C55H63N3O8S. The molecule has 0 aromatic heterocycles. The van der Waals surface area contributed by atoms with Crippen molar-refractivity contribution in [2.75, 3.05) is 6.61 Å². The van der Waals surface area contributed by atoms with Crippen LogP contribution in [0.1, 0.15) is 128 Å². The standard InChI is InChI=1S/C55H63N3O8S/c1-33-12-13-37-27-44-19-21-45(37)47(33)30-50(67(62,63)64)48-28-40-25-39(29-49-38(32-59)11-7-10-36-26-43(60)18-20-46(36)52(40)65-49)51(48)35-14-16-41(17-15-35)55(66-44,58-53(56)57)31-42(54(61)22-5-6-23-54)24-34-8-3-2-4-9-34/h2-4,8-9,14-21,26-28,33,38-39,42,47-52,59-61H,5-6,11-13,22-25,29-32H2,1H3,(H4,56,57,58)(H,62,63,64)/t33-,38+,39+,42+,47-,48-,49-,50+,51-,52+,55-/m0/s1. The van der Waals surface area contributed by atoms with Crippen LogP contribution in [-0.2, 0) is 33.4 Å². The molecule has 5 aliphatic heterocycles. The molecule has 5 heterocycles. The number of allylic oxidation sites excluding steroid dienone is 1. The van der Waals surface area contributed by atoms with Gasteiger partial charge in [0.05, 0.1) is 17.0 Å². The molecule has 0 unspecified atom stereocenters. The van der Waals surface area contributed by atoms with Gasteiger partial charge in [0.1, 0.15) is 17.6 Å². The number of aryl methyl sites for hydroxylation is 1. The zero-order valence-corrected chi connectivity index (χ0v) is 39.0. The number of aliphatic hydroxyl groups is 2. The highest BCUT2D eigenvalue weighted by Gasteiger charge is 2.51. The Hall–Kier alpha value is -5.16. The lowest BCUT2D eigenvalue weighted by atomic mass is 9.64. The second-order valence-electron chi connectivity index (χ2n) is 20.5. The lowest BCUT2D eigenvalue weighted by Gasteiger charge is -2.42. The number of hydrogen-bond acceptors (Lipinski definition) is 8. The number of fused-ring (bicyclic) bond motifs is 9. The first-order valence-electron chi connectivity index (χ1n) is 24.2. The molecule has 67 heavy (non-hydrogen) atoms. The molecule has 0 spiro atoms. The fourth-order valence-corrected chi connectivity index (χ4v) is 14.2. The van der Waals surface area contributed by atoms with Gasteiger partial charge in [0, 0.05) is 48.0 Å². The van der Waals surface area contributed by atoms with E-state index in [0.717, 1.165) is 59.1 Å². The summed E-state index contributed by atoms with van der Waals surface area (Å²) >= 11 is 0. The van der Waals surface area contributed by atoms with Gasteiger partial charge in [-0.3, -0.25) is 4.55 Å². The van der Waals surface area contributed by atoms with E-state index in [1.54, 1.807) is 12.1 Å². The van der Waals surface area contributed by atoms with E-state index in [-0.39, 0.29) is 60.7 Å². The molecule has 12 heteroatoms. The number of aliphatic imine (C=N–C) groups is 1. The largest absolute Gasteiger partial charge is 0.508 e. The number of phenolic OH excluding ortho intramolecular Hbond substituents is 1. The number of ether oxygens (including phenoxy) is 2. The van der Waals surface area contributed by atoms with Crippen molar-refractivity contribution in [2.24, 2.45) is 46.0 Å². The van der Waals surface area contributed by atoms with Crippen LogP contribution in [0, 0.1) is 41.4 Å². The SMILES string of the molecule is C[C@H]1CCc2cc3ccc2[C@H]1C[C@@H](S(=O)(=O)O)[C@@H]1C=C2C[C@H](C[C@@H]4O[C@H]2c2ccc(O)cc2C#CC[C@@H]4CO)[C@@H]1c1ccc(cc1)[C@@](C[C@@H](Cc1ccccc1)C1(O)CCCC1)(N=C(N)N)O3. The highest BCUT2D eigenvalue weighted by atomic mass is 32.2. The van der Waals surface area contributed by atoms with Gasteiger partial charge >= 0.3 is 0 Å². The Balaban J connectivity index is 1.18. The van der Waals surface area contributed by atoms with Crippen LogP contribution in [-0.4, -0.2) is 57.8 Å². The number of hydrogen-bond donors (Lipinski definition) is 6. The number of aliphatic hydroxyl groups excluding tert-OH is 1. The molecule has 0 amide bonds. The van der Waals surface area contributed by atoms with Crippen molar-refractivity contribution in [3.63, 3.8) is 0 Å². The van der Waals surface area contributed by atoms with Gasteiger partial charge in [0.25, 0.3) is 10.1 Å². The van der Waals surface area contributed by atoms with Crippen LogP contribution in [0.2, 0.25) is 0 Å². The van der Waals surface area contributed by atoms with Crippen molar-refractivity contribution in [3.05, 3.63) is 142 Å². The minimum atomic E-state index is -4.66. The maximum Gasteiger partial charge on any atom is 0.268 e. The van der Waals surface area contributed by atoms with Crippen LogP contribution in [0.5, 0.6) is 11.5 Å². The van der Waals surface area contributed by atoms with E-state index >= 15 is 0 Å². The molecule has 10 bridgehead atoms. The number of nitrogens with two attached hydrogens (primary N) is 2. The quantitative estimate of drug-likeness (QED) is 0.0329. The summed E-state index contributed by atoms with van der Waals surface area (Å²) in [6.07, 6.45) is 8.24.